The largest absolute Gasteiger partial charge is 0.472 e. The van der Waals surface area contributed by atoms with Crippen molar-refractivity contribution >= 4 is 19.8 Å². The van der Waals surface area contributed by atoms with Crippen molar-refractivity contribution in [2.75, 3.05) is 26.4 Å². The average Bonchev–Trinajstić information content (AvgIpc) is 3.25. The first-order chi connectivity index (χ1) is 29.8. The van der Waals surface area contributed by atoms with E-state index in [1.165, 1.54) is 116 Å². The minimum absolute atomic E-state index is 0.0398. The van der Waals surface area contributed by atoms with Crippen LogP contribution >= 0.6 is 7.82 Å². The molecule has 0 fully saturated rings. The standard InChI is InChI=1S/C51H90NO8P/c1-3-5-7-9-11-13-15-17-19-21-23-24-26-27-29-31-33-35-37-39-41-43-50(53)57-47-49(48-59-61(55,56)58-46-45-52)60-51(54)44-42-40-38-36-34-32-30-28-25-22-20-18-16-14-12-10-8-6-4-2/h6,8,12,14,18,20,25,28,32,34,38,40,49H,3-5,7,9-11,13,15-17,19,21-24,26-27,29-31,33,35-37,39,41-48,52H2,1-2H3,(H,55,56). The first-order valence-corrected chi connectivity index (χ1v) is 25.9. The number of ether oxygens (including phenoxy) is 2. The Kier molecular flexibility index (Phi) is 45.0. The zero-order valence-corrected chi connectivity index (χ0v) is 39.8. The quantitative estimate of drug-likeness (QED) is 0.0265. The molecule has 0 aliphatic rings. The Morgan fingerprint density at radius 3 is 1.31 bits per heavy atom. The van der Waals surface area contributed by atoms with E-state index in [0.717, 1.165) is 57.8 Å². The number of nitrogens with two attached hydrogens (primary N) is 1. The minimum Gasteiger partial charge on any atom is -0.462 e. The summed E-state index contributed by atoms with van der Waals surface area (Å²) in [5, 5.41) is 0. The van der Waals surface area contributed by atoms with Gasteiger partial charge in [0.25, 0.3) is 0 Å². The molecule has 10 heteroatoms. The van der Waals surface area contributed by atoms with Crippen LogP contribution < -0.4 is 5.73 Å². The molecule has 2 atom stereocenters. The van der Waals surface area contributed by atoms with Crippen molar-refractivity contribution in [3.05, 3.63) is 72.9 Å². The van der Waals surface area contributed by atoms with Crippen LogP contribution in [0.5, 0.6) is 0 Å². The third kappa shape index (κ3) is 46.8. The lowest BCUT2D eigenvalue weighted by molar-refractivity contribution is -0.161. The Morgan fingerprint density at radius 2 is 0.902 bits per heavy atom. The molecule has 0 aliphatic heterocycles. The van der Waals surface area contributed by atoms with Crippen molar-refractivity contribution in [2.45, 2.75) is 213 Å². The number of carbonyl (C=O) groups excluding carboxylic acids is 2. The Morgan fingerprint density at radius 1 is 0.508 bits per heavy atom. The van der Waals surface area contributed by atoms with Crippen LogP contribution in [-0.2, 0) is 32.7 Å². The molecule has 2 unspecified atom stereocenters. The van der Waals surface area contributed by atoms with Gasteiger partial charge in [0.2, 0.25) is 0 Å². The molecule has 0 bridgehead atoms. The lowest BCUT2D eigenvalue weighted by Gasteiger charge is -2.19. The molecule has 0 aliphatic carbocycles. The molecule has 352 valence electrons. The van der Waals surface area contributed by atoms with Gasteiger partial charge in [-0.05, 0) is 51.4 Å². The molecule has 0 aromatic carbocycles. The van der Waals surface area contributed by atoms with Crippen molar-refractivity contribution < 1.29 is 37.6 Å². The van der Waals surface area contributed by atoms with Crippen molar-refractivity contribution in [1.29, 1.82) is 0 Å². The highest BCUT2D eigenvalue weighted by Gasteiger charge is 2.25. The SMILES string of the molecule is CCC=CCC=CCC=CCC=CCC=CCC=CCCC(=O)OC(COC(=O)CCCCCCCCCCCCCCCCCCCCCCC)COP(=O)(O)OCCN. The van der Waals surface area contributed by atoms with Crippen molar-refractivity contribution in [2.24, 2.45) is 5.73 Å². The highest BCUT2D eigenvalue weighted by Crippen LogP contribution is 2.43. The van der Waals surface area contributed by atoms with Gasteiger partial charge in [-0.15, -0.1) is 0 Å². The molecule has 0 rings (SSSR count). The number of phosphoric ester groups is 1. The van der Waals surface area contributed by atoms with Gasteiger partial charge in [-0.2, -0.15) is 0 Å². The summed E-state index contributed by atoms with van der Waals surface area (Å²) in [5.74, 6) is -0.924. The van der Waals surface area contributed by atoms with E-state index in [1.54, 1.807) is 0 Å². The van der Waals surface area contributed by atoms with Crippen LogP contribution in [0.15, 0.2) is 72.9 Å². The average molecular weight is 876 g/mol. The Hall–Kier alpha value is -2.55. The summed E-state index contributed by atoms with van der Waals surface area (Å²) in [6, 6.07) is 0. The number of allylic oxidation sites excluding steroid dienone is 12. The molecule has 0 radical (unpaired) electrons. The molecule has 0 saturated heterocycles. The van der Waals surface area contributed by atoms with Crippen LogP contribution in [-0.4, -0.2) is 49.3 Å². The van der Waals surface area contributed by atoms with E-state index in [0.29, 0.717) is 6.42 Å². The van der Waals surface area contributed by atoms with Gasteiger partial charge in [0.15, 0.2) is 6.10 Å². The first kappa shape index (κ1) is 58.5. The van der Waals surface area contributed by atoms with Crippen LogP contribution in [0.3, 0.4) is 0 Å². The fourth-order valence-electron chi connectivity index (χ4n) is 6.54. The van der Waals surface area contributed by atoms with E-state index in [9.17, 15) is 19.0 Å². The second-order valence-electron chi connectivity index (χ2n) is 16.0. The topological polar surface area (TPSA) is 134 Å². The number of carbonyl (C=O) groups is 2. The smallest absolute Gasteiger partial charge is 0.462 e. The molecule has 0 saturated carbocycles. The molecule has 0 aromatic heterocycles. The fraction of sp³-hybridized carbons (Fsp3) is 0.725. The van der Waals surface area contributed by atoms with E-state index in [1.807, 2.05) is 12.2 Å². The van der Waals surface area contributed by atoms with Crippen molar-refractivity contribution in [3.63, 3.8) is 0 Å². The number of esters is 2. The number of hydrogen-bond donors (Lipinski definition) is 2. The zero-order chi connectivity index (χ0) is 44.6. The summed E-state index contributed by atoms with van der Waals surface area (Å²) in [7, 11) is -4.40. The predicted octanol–water partition coefficient (Wildman–Crippen LogP) is 14.6. The van der Waals surface area contributed by atoms with E-state index >= 15 is 0 Å². The number of phosphoric acid groups is 1. The highest BCUT2D eigenvalue weighted by molar-refractivity contribution is 7.47. The van der Waals surface area contributed by atoms with Gasteiger partial charge in [-0.1, -0.05) is 215 Å². The van der Waals surface area contributed by atoms with E-state index in [4.69, 9.17) is 24.3 Å². The van der Waals surface area contributed by atoms with E-state index in [-0.39, 0.29) is 32.6 Å². The maximum atomic E-state index is 12.6. The normalized spacial score (nSPS) is 13.8. The van der Waals surface area contributed by atoms with Crippen molar-refractivity contribution in [3.8, 4) is 0 Å². The van der Waals surface area contributed by atoms with Crippen LogP contribution in [0.25, 0.3) is 0 Å². The lowest BCUT2D eigenvalue weighted by atomic mass is 10.0. The predicted molar refractivity (Wildman–Crippen MR) is 256 cm³/mol. The molecule has 9 nitrogen and oxygen atoms in total. The van der Waals surface area contributed by atoms with E-state index in [2.05, 4.69) is 74.6 Å². The summed E-state index contributed by atoms with van der Waals surface area (Å²) in [5.41, 5.74) is 5.35. The molecule has 3 N–H and O–H groups in total. The number of hydrogen-bond acceptors (Lipinski definition) is 8. The Bertz CT molecular complexity index is 1230. The summed E-state index contributed by atoms with van der Waals surface area (Å²) in [4.78, 5) is 35.0. The molecule has 0 spiro atoms. The van der Waals surface area contributed by atoms with Gasteiger partial charge in [-0.25, -0.2) is 4.57 Å². The van der Waals surface area contributed by atoms with Gasteiger partial charge < -0.3 is 20.1 Å². The van der Waals surface area contributed by atoms with Crippen LogP contribution in [0, 0.1) is 0 Å². The third-order valence-corrected chi connectivity index (χ3v) is 11.1. The number of rotatable bonds is 45. The van der Waals surface area contributed by atoms with Gasteiger partial charge in [0, 0.05) is 19.4 Å². The molecule has 61 heavy (non-hydrogen) atoms. The molecule has 0 amide bonds. The van der Waals surface area contributed by atoms with Gasteiger partial charge in [0.05, 0.1) is 13.2 Å². The Balaban J connectivity index is 4.17. The third-order valence-electron chi connectivity index (χ3n) is 10.1. The van der Waals surface area contributed by atoms with Crippen molar-refractivity contribution in [1.82, 2.24) is 0 Å². The fourth-order valence-corrected chi connectivity index (χ4v) is 7.31. The molecule has 0 heterocycles. The maximum absolute atomic E-state index is 12.6. The second-order valence-corrected chi connectivity index (χ2v) is 17.4. The molecular formula is C51H90NO8P. The highest BCUT2D eigenvalue weighted by atomic mass is 31.2. The number of unbranched alkanes of at least 4 members (excludes halogenated alkanes) is 20. The monoisotopic (exact) mass is 876 g/mol. The van der Waals surface area contributed by atoms with Gasteiger partial charge in [-0.3, -0.25) is 18.6 Å². The maximum Gasteiger partial charge on any atom is 0.472 e. The van der Waals surface area contributed by atoms with Crippen LogP contribution in [0.1, 0.15) is 206 Å². The summed E-state index contributed by atoms with van der Waals surface area (Å²) in [6.45, 7) is 3.55. The second kappa shape index (κ2) is 46.9. The lowest BCUT2D eigenvalue weighted by Crippen LogP contribution is -2.29. The molecule has 0 aromatic rings. The first-order valence-electron chi connectivity index (χ1n) is 24.4. The van der Waals surface area contributed by atoms with E-state index < -0.39 is 32.5 Å². The van der Waals surface area contributed by atoms with Gasteiger partial charge in [0.1, 0.15) is 6.61 Å². The Labute approximate surface area is 373 Å². The van der Waals surface area contributed by atoms with Crippen LogP contribution in [0.2, 0.25) is 0 Å². The van der Waals surface area contributed by atoms with Crippen LogP contribution in [0.4, 0.5) is 0 Å². The summed E-state index contributed by atoms with van der Waals surface area (Å²) in [6.07, 6.45) is 58.2. The summed E-state index contributed by atoms with van der Waals surface area (Å²) < 4.78 is 32.8. The minimum atomic E-state index is -4.40. The summed E-state index contributed by atoms with van der Waals surface area (Å²) >= 11 is 0. The zero-order valence-electron chi connectivity index (χ0n) is 38.9. The van der Waals surface area contributed by atoms with Gasteiger partial charge >= 0.3 is 19.8 Å². The molecular weight excluding hydrogens is 786 g/mol.